The molecule has 0 aliphatic heterocycles. The molecule has 0 spiro atoms. The predicted octanol–water partition coefficient (Wildman–Crippen LogP) is 1.30. The van der Waals surface area contributed by atoms with Crippen LogP contribution in [0.2, 0.25) is 0 Å². The van der Waals surface area contributed by atoms with Crippen LogP contribution in [-0.2, 0) is 9.84 Å². The number of benzene rings is 1. The van der Waals surface area contributed by atoms with Crippen molar-refractivity contribution in [2.75, 3.05) is 12.5 Å². The van der Waals surface area contributed by atoms with Gasteiger partial charge in [-0.15, -0.1) is 0 Å². The van der Waals surface area contributed by atoms with Crippen LogP contribution in [0.4, 0.5) is 0 Å². The van der Waals surface area contributed by atoms with E-state index in [4.69, 9.17) is 11.5 Å². The molecule has 0 bridgehead atoms. The fourth-order valence-electron chi connectivity index (χ4n) is 1.51. The minimum absolute atomic E-state index is 0.668. The van der Waals surface area contributed by atoms with Crippen molar-refractivity contribution in [3.05, 3.63) is 54.1 Å². The molecule has 1 aromatic carbocycles. The number of nitrogens with two attached hydrogens (primary N) is 2. The highest BCUT2D eigenvalue weighted by Gasteiger charge is 2.16. The zero-order valence-electron chi connectivity index (χ0n) is 11.2. The number of rotatable bonds is 1. The van der Waals surface area contributed by atoms with E-state index in [1.54, 1.807) is 0 Å². The Morgan fingerprint density at radius 3 is 2.05 bits per heavy atom. The van der Waals surface area contributed by atoms with Crippen LogP contribution >= 0.6 is 0 Å². The molecule has 0 fully saturated rings. The number of allylic oxidation sites excluding steroid dienone is 2. The Morgan fingerprint density at radius 2 is 1.63 bits per heavy atom. The van der Waals surface area contributed by atoms with E-state index in [9.17, 15) is 8.42 Å². The number of hydrogen-bond donors (Lipinski definition) is 2. The lowest BCUT2D eigenvalue weighted by Gasteiger charge is -2.22. The highest BCUT2D eigenvalue weighted by atomic mass is 32.2. The van der Waals surface area contributed by atoms with Gasteiger partial charge in [-0.3, -0.25) is 0 Å². The highest BCUT2D eigenvalue weighted by molar-refractivity contribution is 7.89. The molecule has 2 rings (SSSR count). The van der Waals surface area contributed by atoms with Gasteiger partial charge in [0.25, 0.3) is 0 Å². The van der Waals surface area contributed by atoms with E-state index in [1.807, 2.05) is 30.4 Å². The molecular formula is C14H20N2O2S. The first-order chi connectivity index (χ1) is 8.67. The summed E-state index contributed by atoms with van der Waals surface area (Å²) in [5, 5.41) is 0. The average molecular weight is 280 g/mol. The van der Waals surface area contributed by atoms with Gasteiger partial charge in [0.15, 0.2) is 0 Å². The first-order valence-electron chi connectivity index (χ1n) is 5.85. The second-order valence-corrected chi connectivity index (χ2v) is 7.10. The molecule has 0 atom stereocenters. The molecule has 5 heteroatoms. The SMILES string of the molecule is CS(C)(=O)=O.NC1(N)C=CC(c2ccccc2)=CC1. The quantitative estimate of drug-likeness (QED) is 0.759. The maximum atomic E-state index is 9.63. The lowest BCUT2D eigenvalue weighted by Crippen LogP contribution is -2.47. The van der Waals surface area contributed by atoms with Crippen molar-refractivity contribution in [1.29, 1.82) is 0 Å². The van der Waals surface area contributed by atoms with Crippen molar-refractivity contribution < 1.29 is 8.42 Å². The molecule has 0 amide bonds. The monoisotopic (exact) mass is 280 g/mol. The maximum Gasteiger partial charge on any atom is 0.144 e. The normalized spacial score (nSPS) is 17.2. The molecule has 1 aromatic rings. The summed E-state index contributed by atoms with van der Waals surface area (Å²) in [6.45, 7) is 0. The van der Waals surface area contributed by atoms with E-state index in [-0.39, 0.29) is 0 Å². The van der Waals surface area contributed by atoms with Gasteiger partial charge >= 0.3 is 0 Å². The molecule has 0 radical (unpaired) electrons. The van der Waals surface area contributed by atoms with Gasteiger partial charge in [-0.25, -0.2) is 8.42 Å². The predicted molar refractivity (Wildman–Crippen MR) is 80.0 cm³/mol. The van der Waals surface area contributed by atoms with Gasteiger partial charge in [0.1, 0.15) is 9.84 Å². The third kappa shape index (κ3) is 6.91. The smallest absolute Gasteiger partial charge is 0.144 e. The highest BCUT2D eigenvalue weighted by Crippen LogP contribution is 2.22. The second-order valence-electron chi connectivity index (χ2n) is 4.82. The third-order valence-electron chi connectivity index (χ3n) is 2.36. The average Bonchev–Trinajstić information content (AvgIpc) is 2.28. The molecular weight excluding hydrogens is 260 g/mol. The standard InChI is InChI=1S/C12H14N2.C2H6O2S/c13-12(14)8-6-11(7-9-12)10-4-2-1-3-5-10;1-5(2,3)4/h1-8H,9,13-14H2;1-2H3. The van der Waals surface area contributed by atoms with E-state index < -0.39 is 15.5 Å². The van der Waals surface area contributed by atoms with E-state index in [0.29, 0.717) is 6.42 Å². The van der Waals surface area contributed by atoms with Crippen LogP contribution in [0.25, 0.3) is 5.57 Å². The zero-order valence-corrected chi connectivity index (χ0v) is 12.0. The zero-order chi connectivity index (χ0) is 14.5. The van der Waals surface area contributed by atoms with Crippen molar-refractivity contribution >= 4 is 15.4 Å². The third-order valence-corrected chi connectivity index (χ3v) is 2.36. The van der Waals surface area contributed by atoms with Crippen LogP contribution in [0.3, 0.4) is 0 Å². The molecule has 19 heavy (non-hydrogen) atoms. The summed E-state index contributed by atoms with van der Waals surface area (Å²) in [5.41, 5.74) is 13.3. The molecule has 104 valence electrons. The molecule has 0 saturated heterocycles. The van der Waals surface area contributed by atoms with Crippen LogP contribution in [0.1, 0.15) is 12.0 Å². The van der Waals surface area contributed by atoms with Gasteiger partial charge in [-0.05, 0) is 17.2 Å². The van der Waals surface area contributed by atoms with E-state index >= 15 is 0 Å². The molecule has 4 nitrogen and oxygen atoms in total. The minimum Gasteiger partial charge on any atom is -0.310 e. The van der Waals surface area contributed by atoms with Gasteiger partial charge < -0.3 is 11.5 Å². The Balaban J connectivity index is 0.000000312. The molecule has 0 aromatic heterocycles. The van der Waals surface area contributed by atoms with Gasteiger partial charge in [0, 0.05) is 18.9 Å². The Hall–Kier alpha value is -1.43. The van der Waals surface area contributed by atoms with Crippen molar-refractivity contribution in [2.24, 2.45) is 11.5 Å². The largest absolute Gasteiger partial charge is 0.310 e. The molecule has 4 N–H and O–H groups in total. The molecule has 1 aliphatic rings. The summed E-state index contributed by atoms with van der Waals surface area (Å²) in [6.07, 6.45) is 8.93. The van der Waals surface area contributed by atoms with Crippen LogP contribution in [0.5, 0.6) is 0 Å². The number of hydrogen-bond acceptors (Lipinski definition) is 4. The van der Waals surface area contributed by atoms with E-state index in [0.717, 1.165) is 12.5 Å². The van der Waals surface area contributed by atoms with Crippen molar-refractivity contribution in [2.45, 2.75) is 12.1 Å². The first kappa shape index (κ1) is 15.6. The van der Waals surface area contributed by atoms with Gasteiger partial charge in [0.05, 0.1) is 5.66 Å². The molecule has 0 heterocycles. The van der Waals surface area contributed by atoms with Crippen molar-refractivity contribution in [3.8, 4) is 0 Å². The van der Waals surface area contributed by atoms with Crippen LogP contribution < -0.4 is 11.5 Å². The summed E-state index contributed by atoms with van der Waals surface area (Å²) in [6, 6.07) is 10.2. The molecule has 1 aliphatic carbocycles. The Bertz CT molecular complexity index is 565. The summed E-state index contributed by atoms with van der Waals surface area (Å²) < 4.78 is 19.3. The Morgan fingerprint density at radius 1 is 1.11 bits per heavy atom. The number of sulfone groups is 1. The fraction of sp³-hybridized carbons (Fsp3) is 0.286. The first-order valence-corrected chi connectivity index (χ1v) is 8.15. The van der Waals surface area contributed by atoms with Crippen LogP contribution in [0.15, 0.2) is 48.6 Å². The Labute approximate surface area is 114 Å². The maximum absolute atomic E-state index is 9.63. The van der Waals surface area contributed by atoms with Gasteiger partial charge in [-0.2, -0.15) is 0 Å². The van der Waals surface area contributed by atoms with E-state index in [1.165, 1.54) is 11.1 Å². The lowest BCUT2D eigenvalue weighted by atomic mass is 9.94. The topological polar surface area (TPSA) is 86.2 Å². The summed E-state index contributed by atoms with van der Waals surface area (Å²) >= 11 is 0. The Kier molecular flexibility index (Phi) is 5.05. The van der Waals surface area contributed by atoms with E-state index in [2.05, 4.69) is 18.2 Å². The fourth-order valence-corrected chi connectivity index (χ4v) is 1.51. The van der Waals surface area contributed by atoms with Crippen LogP contribution in [-0.4, -0.2) is 26.6 Å². The van der Waals surface area contributed by atoms with Crippen molar-refractivity contribution in [3.63, 3.8) is 0 Å². The van der Waals surface area contributed by atoms with Gasteiger partial charge in [0.2, 0.25) is 0 Å². The minimum atomic E-state index is -2.67. The lowest BCUT2D eigenvalue weighted by molar-refractivity contribution is 0.559. The van der Waals surface area contributed by atoms with Gasteiger partial charge in [-0.1, -0.05) is 42.5 Å². The summed E-state index contributed by atoms with van der Waals surface area (Å²) in [5.74, 6) is 0. The second kappa shape index (κ2) is 6.14. The summed E-state index contributed by atoms with van der Waals surface area (Å²) in [7, 11) is -2.67. The molecule has 0 saturated carbocycles. The van der Waals surface area contributed by atoms with Crippen LogP contribution in [0, 0.1) is 0 Å². The summed E-state index contributed by atoms with van der Waals surface area (Å²) in [4.78, 5) is 0. The van der Waals surface area contributed by atoms with Crippen molar-refractivity contribution in [1.82, 2.24) is 0 Å². The molecule has 0 unspecified atom stereocenters.